The van der Waals surface area contributed by atoms with Gasteiger partial charge in [0.25, 0.3) is 5.91 Å². The first kappa shape index (κ1) is 19.4. The number of carbonyl (C=O) groups excluding carboxylic acids is 1. The van der Waals surface area contributed by atoms with Gasteiger partial charge in [0.15, 0.2) is 34.5 Å². The number of anilines is 1. The van der Waals surface area contributed by atoms with E-state index in [9.17, 15) is 25.2 Å². The number of hydrogen-bond donors (Lipinski definition) is 4. The molecule has 1 aromatic heterocycles. The van der Waals surface area contributed by atoms with Gasteiger partial charge in [-0.25, -0.2) is 4.98 Å². The highest BCUT2D eigenvalue weighted by Gasteiger charge is 2.38. The van der Waals surface area contributed by atoms with Crippen molar-refractivity contribution < 1.29 is 25.2 Å². The van der Waals surface area contributed by atoms with Crippen molar-refractivity contribution in [1.29, 1.82) is 0 Å². The Labute approximate surface area is 172 Å². The topological polar surface area (TPSA) is 122 Å². The lowest BCUT2D eigenvalue weighted by Gasteiger charge is -2.42. The summed E-state index contributed by atoms with van der Waals surface area (Å²) in [4.78, 5) is 21.2. The van der Waals surface area contributed by atoms with Crippen molar-refractivity contribution in [3.63, 3.8) is 0 Å². The van der Waals surface area contributed by atoms with Crippen molar-refractivity contribution in [1.82, 2.24) is 14.5 Å². The quantitative estimate of drug-likeness (QED) is 0.487. The zero-order valence-corrected chi connectivity index (χ0v) is 16.5. The molecular weight excluding hydrogens is 388 g/mol. The predicted octanol–water partition coefficient (Wildman–Crippen LogP) is 2.25. The Balaban J connectivity index is 1.70. The third-order valence-corrected chi connectivity index (χ3v) is 5.34. The third kappa shape index (κ3) is 3.24. The van der Waals surface area contributed by atoms with Gasteiger partial charge in [0, 0.05) is 20.1 Å². The Bertz CT molecular complexity index is 1130. The Morgan fingerprint density at radius 1 is 0.867 bits per heavy atom. The Morgan fingerprint density at radius 2 is 1.40 bits per heavy atom. The number of aromatic hydroxyl groups is 4. The van der Waals surface area contributed by atoms with Crippen LogP contribution in [0.4, 0.5) is 5.82 Å². The molecule has 30 heavy (non-hydrogen) atoms. The minimum Gasteiger partial charge on any atom is -0.504 e. The number of fused-ring (bicyclic) bond motifs is 1. The lowest BCUT2D eigenvalue weighted by atomic mass is 10.1. The SMILES string of the molecule is CC1N(Cc2ccc(O)c(O)c2)C(=O)c2c(ncn2C)N1Cc1ccc(O)c(O)c1. The number of hydrogen-bond acceptors (Lipinski definition) is 7. The molecule has 2 aromatic carbocycles. The molecule has 9 nitrogen and oxygen atoms in total. The molecule has 2 heterocycles. The summed E-state index contributed by atoms with van der Waals surface area (Å²) in [6.45, 7) is 2.44. The molecule has 156 valence electrons. The number of nitrogens with zero attached hydrogens (tertiary/aromatic N) is 4. The average Bonchev–Trinajstić information content (AvgIpc) is 3.09. The van der Waals surface area contributed by atoms with Crippen LogP contribution in [0.1, 0.15) is 28.5 Å². The maximum atomic E-state index is 13.2. The highest BCUT2D eigenvalue weighted by atomic mass is 16.3. The first-order valence-corrected chi connectivity index (χ1v) is 9.37. The number of phenols is 4. The summed E-state index contributed by atoms with van der Waals surface area (Å²) in [7, 11) is 1.74. The summed E-state index contributed by atoms with van der Waals surface area (Å²) in [5.41, 5.74) is 1.84. The average molecular weight is 410 g/mol. The zero-order valence-electron chi connectivity index (χ0n) is 16.5. The van der Waals surface area contributed by atoms with Crippen LogP contribution < -0.4 is 4.90 Å². The Hall–Kier alpha value is -3.88. The molecule has 4 rings (SSSR count). The standard InChI is InChI=1S/C21H22N4O5/c1-12-24(9-13-3-5-15(26)17(28)7-13)20-19(23(2)11-22-20)21(30)25(12)10-14-4-6-16(27)18(29)8-14/h3-8,11-12,26-29H,9-10H2,1-2H3. The molecule has 0 fully saturated rings. The van der Waals surface area contributed by atoms with E-state index in [1.807, 2.05) is 11.8 Å². The van der Waals surface area contributed by atoms with Gasteiger partial charge in [-0.1, -0.05) is 12.1 Å². The second-order valence-corrected chi connectivity index (χ2v) is 7.37. The van der Waals surface area contributed by atoms with Gasteiger partial charge in [-0.2, -0.15) is 0 Å². The second kappa shape index (κ2) is 7.18. The summed E-state index contributed by atoms with van der Waals surface area (Å²) in [5, 5.41) is 38.8. The largest absolute Gasteiger partial charge is 0.504 e. The van der Waals surface area contributed by atoms with Gasteiger partial charge in [-0.05, 0) is 42.3 Å². The van der Waals surface area contributed by atoms with Gasteiger partial charge in [0.1, 0.15) is 6.17 Å². The molecule has 0 aliphatic carbocycles. The van der Waals surface area contributed by atoms with E-state index in [0.29, 0.717) is 23.6 Å². The molecule has 1 amide bonds. The van der Waals surface area contributed by atoms with Gasteiger partial charge >= 0.3 is 0 Å². The Morgan fingerprint density at radius 3 is 1.93 bits per heavy atom. The van der Waals surface area contributed by atoms with E-state index in [2.05, 4.69) is 4.98 Å². The summed E-state index contributed by atoms with van der Waals surface area (Å²) in [6, 6.07) is 9.05. The van der Waals surface area contributed by atoms with Crippen LogP contribution in [0, 0.1) is 0 Å². The fourth-order valence-electron chi connectivity index (χ4n) is 3.66. The normalized spacial score (nSPS) is 16.1. The molecular formula is C21H22N4O5. The van der Waals surface area contributed by atoms with E-state index < -0.39 is 0 Å². The lowest BCUT2D eigenvalue weighted by molar-refractivity contribution is 0.0635. The molecule has 0 bridgehead atoms. The lowest BCUT2D eigenvalue weighted by Crippen LogP contribution is -2.53. The molecule has 0 spiro atoms. The molecule has 0 saturated heterocycles. The number of amides is 1. The summed E-state index contributed by atoms with van der Waals surface area (Å²) in [6.07, 6.45) is 1.19. The molecule has 3 aromatic rings. The van der Waals surface area contributed by atoms with Crippen molar-refractivity contribution in [2.75, 3.05) is 4.90 Å². The Kier molecular flexibility index (Phi) is 4.65. The summed E-state index contributed by atoms with van der Waals surface area (Å²) >= 11 is 0. The van der Waals surface area contributed by atoms with Crippen LogP contribution in [0.15, 0.2) is 42.7 Å². The van der Waals surface area contributed by atoms with Crippen molar-refractivity contribution >= 4 is 11.7 Å². The molecule has 1 aliphatic heterocycles. The predicted molar refractivity (Wildman–Crippen MR) is 108 cm³/mol. The van der Waals surface area contributed by atoms with Crippen LogP contribution in [0.3, 0.4) is 0 Å². The van der Waals surface area contributed by atoms with Crippen LogP contribution >= 0.6 is 0 Å². The van der Waals surface area contributed by atoms with Crippen LogP contribution in [0.5, 0.6) is 23.0 Å². The molecule has 0 saturated carbocycles. The smallest absolute Gasteiger partial charge is 0.276 e. The van der Waals surface area contributed by atoms with Crippen LogP contribution in [0.2, 0.25) is 0 Å². The number of benzene rings is 2. The number of aryl methyl sites for hydroxylation is 1. The third-order valence-electron chi connectivity index (χ3n) is 5.34. The minimum absolute atomic E-state index is 0.199. The van der Waals surface area contributed by atoms with Crippen molar-refractivity contribution in [3.05, 3.63) is 59.5 Å². The van der Waals surface area contributed by atoms with Crippen LogP contribution in [0.25, 0.3) is 0 Å². The monoisotopic (exact) mass is 410 g/mol. The summed E-state index contributed by atoms with van der Waals surface area (Å²) < 4.78 is 1.66. The molecule has 1 unspecified atom stereocenters. The molecule has 4 N–H and O–H groups in total. The number of imidazole rings is 1. The van der Waals surface area contributed by atoms with Gasteiger partial charge in [-0.3, -0.25) is 4.79 Å². The highest BCUT2D eigenvalue weighted by Crippen LogP contribution is 2.34. The maximum absolute atomic E-state index is 13.2. The van der Waals surface area contributed by atoms with Gasteiger partial charge in [0.2, 0.25) is 0 Å². The number of carbonyl (C=O) groups is 1. The van der Waals surface area contributed by atoms with Gasteiger partial charge < -0.3 is 34.8 Å². The minimum atomic E-state index is -0.383. The number of rotatable bonds is 4. The molecule has 0 radical (unpaired) electrons. The number of phenolic OH excluding ortho intramolecular Hbond substituents is 4. The van der Waals surface area contributed by atoms with Crippen LogP contribution in [-0.4, -0.2) is 47.0 Å². The number of aromatic nitrogens is 2. The fraction of sp³-hybridized carbons (Fsp3) is 0.238. The van der Waals surface area contributed by atoms with Crippen molar-refractivity contribution in [2.24, 2.45) is 7.05 Å². The first-order chi connectivity index (χ1) is 14.3. The maximum Gasteiger partial charge on any atom is 0.276 e. The van der Waals surface area contributed by atoms with Gasteiger partial charge in [-0.15, -0.1) is 0 Å². The highest BCUT2D eigenvalue weighted by molar-refractivity contribution is 5.99. The molecule has 1 atom stereocenters. The van der Waals surface area contributed by atoms with E-state index in [4.69, 9.17) is 0 Å². The fourth-order valence-corrected chi connectivity index (χ4v) is 3.66. The van der Waals surface area contributed by atoms with E-state index in [0.717, 1.165) is 5.56 Å². The van der Waals surface area contributed by atoms with Crippen molar-refractivity contribution in [3.8, 4) is 23.0 Å². The summed E-state index contributed by atoms with van der Waals surface area (Å²) in [5.74, 6) is -0.553. The van der Waals surface area contributed by atoms with E-state index in [1.165, 1.54) is 24.3 Å². The van der Waals surface area contributed by atoms with Gasteiger partial charge in [0.05, 0.1) is 6.33 Å². The zero-order chi connectivity index (χ0) is 21.6. The van der Waals surface area contributed by atoms with E-state index in [-0.39, 0.29) is 41.6 Å². The van der Waals surface area contributed by atoms with E-state index >= 15 is 0 Å². The molecule has 9 heteroatoms. The van der Waals surface area contributed by atoms with Crippen molar-refractivity contribution in [2.45, 2.75) is 26.2 Å². The van der Waals surface area contributed by atoms with E-state index in [1.54, 1.807) is 35.0 Å². The second-order valence-electron chi connectivity index (χ2n) is 7.37. The van der Waals surface area contributed by atoms with Crippen LogP contribution in [-0.2, 0) is 20.1 Å². The first-order valence-electron chi connectivity index (χ1n) is 9.37. The molecule has 1 aliphatic rings.